The fourth-order valence-electron chi connectivity index (χ4n) is 1.33. The molecule has 1 heterocycles. The van der Waals surface area contributed by atoms with Crippen molar-refractivity contribution in [1.82, 2.24) is 20.2 Å². The second kappa shape index (κ2) is 5.48. The minimum absolute atomic E-state index is 0.0992. The van der Waals surface area contributed by atoms with Crippen LogP contribution in [0.3, 0.4) is 0 Å². The summed E-state index contributed by atoms with van der Waals surface area (Å²) in [6.07, 6.45) is 0. The van der Waals surface area contributed by atoms with Gasteiger partial charge in [-0.25, -0.2) is 4.79 Å². The Bertz CT molecular complexity index is 627. The summed E-state index contributed by atoms with van der Waals surface area (Å²) in [6, 6.07) is 6.05. The first-order valence-corrected chi connectivity index (χ1v) is 6.03. The summed E-state index contributed by atoms with van der Waals surface area (Å²) in [5.74, 6) is -2.23. The van der Waals surface area contributed by atoms with Crippen molar-refractivity contribution in [2.24, 2.45) is 0 Å². The number of hydrogen-bond donors (Lipinski definition) is 2. The van der Waals surface area contributed by atoms with Crippen molar-refractivity contribution in [3.05, 3.63) is 29.8 Å². The van der Waals surface area contributed by atoms with E-state index in [4.69, 9.17) is 10.2 Å². The van der Waals surface area contributed by atoms with Gasteiger partial charge in [-0.2, -0.15) is 4.68 Å². The van der Waals surface area contributed by atoms with E-state index in [0.29, 0.717) is 5.69 Å². The molecule has 98 valence electrons. The SMILES string of the molecule is O=C(O)CSc1nnnn1-c1cccc(C(=O)O)c1. The van der Waals surface area contributed by atoms with Crippen LogP contribution >= 0.6 is 11.8 Å². The van der Waals surface area contributed by atoms with Gasteiger partial charge >= 0.3 is 11.9 Å². The number of aliphatic carboxylic acids is 1. The van der Waals surface area contributed by atoms with Crippen molar-refractivity contribution in [3.63, 3.8) is 0 Å². The zero-order chi connectivity index (χ0) is 13.8. The molecule has 2 aromatic rings. The Morgan fingerprint density at radius 3 is 2.79 bits per heavy atom. The second-order valence-corrected chi connectivity index (χ2v) is 4.35. The van der Waals surface area contributed by atoms with Crippen LogP contribution in [0.15, 0.2) is 29.4 Å². The fraction of sp³-hybridized carbons (Fsp3) is 0.100. The molecule has 8 nitrogen and oxygen atoms in total. The van der Waals surface area contributed by atoms with Crippen LogP contribution in [-0.4, -0.2) is 48.1 Å². The summed E-state index contributed by atoms with van der Waals surface area (Å²) < 4.78 is 1.29. The normalized spacial score (nSPS) is 10.3. The van der Waals surface area contributed by atoms with Gasteiger partial charge in [0.1, 0.15) is 0 Å². The Morgan fingerprint density at radius 1 is 1.32 bits per heavy atom. The third-order valence-electron chi connectivity index (χ3n) is 2.10. The van der Waals surface area contributed by atoms with Crippen LogP contribution < -0.4 is 0 Å². The van der Waals surface area contributed by atoms with Gasteiger partial charge in [0.2, 0.25) is 5.16 Å². The number of rotatable bonds is 5. The van der Waals surface area contributed by atoms with E-state index < -0.39 is 11.9 Å². The Morgan fingerprint density at radius 2 is 2.11 bits per heavy atom. The highest BCUT2D eigenvalue weighted by molar-refractivity contribution is 7.99. The van der Waals surface area contributed by atoms with Crippen LogP contribution in [0.25, 0.3) is 5.69 Å². The summed E-state index contributed by atoms with van der Waals surface area (Å²) in [4.78, 5) is 21.4. The number of carbonyl (C=O) groups is 2. The molecule has 2 rings (SSSR count). The quantitative estimate of drug-likeness (QED) is 0.762. The van der Waals surface area contributed by atoms with Crippen molar-refractivity contribution >= 4 is 23.7 Å². The summed E-state index contributed by atoms with van der Waals surface area (Å²) in [5.41, 5.74) is 0.556. The molecule has 0 radical (unpaired) electrons. The van der Waals surface area contributed by atoms with Crippen LogP contribution in [0, 0.1) is 0 Å². The molecule has 1 aromatic carbocycles. The number of carboxylic acid groups (broad SMARTS) is 2. The van der Waals surface area contributed by atoms with Gasteiger partial charge in [0.25, 0.3) is 0 Å². The standard InChI is InChI=1S/C10H8N4O4S/c15-8(16)5-19-10-11-12-13-14(10)7-3-1-2-6(4-7)9(17)18/h1-4H,5H2,(H,15,16)(H,17,18). The van der Waals surface area contributed by atoms with E-state index in [-0.39, 0.29) is 16.5 Å². The molecule has 9 heteroatoms. The van der Waals surface area contributed by atoms with Gasteiger partial charge in [-0.3, -0.25) is 4.79 Å². The molecule has 0 aliphatic carbocycles. The molecule has 0 saturated carbocycles. The minimum atomic E-state index is -1.06. The fourth-order valence-corrected chi connectivity index (χ4v) is 1.94. The summed E-state index contributed by atoms with van der Waals surface area (Å²) in [7, 11) is 0. The molecular formula is C10H8N4O4S. The van der Waals surface area contributed by atoms with Crippen LogP contribution in [0.1, 0.15) is 10.4 Å². The van der Waals surface area contributed by atoms with Crippen LogP contribution in [0.2, 0.25) is 0 Å². The van der Waals surface area contributed by atoms with E-state index in [2.05, 4.69) is 15.5 Å². The van der Waals surface area contributed by atoms with Crippen molar-refractivity contribution in [1.29, 1.82) is 0 Å². The number of benzene rings is 1. The highest BCUT2D eigenvalue weighted by atomic mass is 32.2. The zero-order valence-electron chi connectivity index (χ0n) is 9.42. The first-order chi connectivity index (χ1) is 9.08. The third-order valence-corrected chi connectivity index (χ3v) is 3.01. The number of nitrogens with zero attached hydrogens (tertiary/aromatic N) is 4. The highest BCUT2D eigenvalue weighted by Crippen LogP contribution is 2.18. The monoisotopic (exact) mass is 280 g/mol. The largest absolute Gasteiger partial charge is 0.481 e. The summed E-state index contributed by atoms with van der Waals surface area (Å²) in [5, 5.41) is 28.7. The Kier molecular flexibility index (Phi) is 3.76. The maximum absolute atomic E-state index is 10.9. The molecule has 2 N–H and O–H groups in total. The molecule has 0 spiro atoms. The summed E-state index contributed by atoms with van der Waals surface area (Å²) in [6.45, 7) is 0. The summed E-state index contributed by atoms with van der Waals surface area (Å²) >= 11 is 0.951. The molecule has 0 atom stereocenters. The van der Waals surface area contributed by atoms with Gasteiger partial charge in [0, 0.05) is 0 Å². The number of thioether (sulfide) groups is 1. The van der Waals surface area contributed by atoms with Crippen molar-refractivity contribution in [2.75, 3.05) is 5.75 Å². The Balaban J connectivity index is 2.31. The third kappa shape index (κ3) is 3.07. The van der Waals surface area contributed by atoms with E-state index in [9.17, 15) is 9.59 Å². The number of carboxylic acids is 2. The molecular weight excluding hydrogens is 272 g/mol. The van der Waals surface area contributed by atoms with E-state index in [1.165, 1.54) is 16.8 Å². The maximum Gasteiger partial charge on any atom is 0.335 e. The van der Waals surface area contributed by atoms with Gasteiger partial charge in [-0.05, 0) is 28.6 Å². The van der Waals surface area contributed by atoms with E-state index in [0.717, 1.165) is 11.8 Å². The average Bonchev–Trinajstić information content (AvgIpc) is 2.84. The first-order valence-electron chi connectivity index (χ1n) is 5.04. The Hall–Kier alpha value is -2.42. The van der Waals surface area contributed by atoms with Gasteiger partial charge in [0.05, 0.1) is 17.0 Å². The molecule has 0 fully saturated rings. The maximum atomic E-state index is 10.9. The highest BCUT2D eigenvalue weighted by Gasteiger charge is 2.12. The number of tetrazole rings is 1. The van der Waals surface area contributed by atoms with Crippen molar-refractivity contribution in [3.8, 4) is 5.69 Å². The lowest BCUT2D eigenvalue weighted by Crippen LogP contribution is -2.04. The topological polar surface area (TPSA) is 118 Å². The van der Waals surface area contributed by atoms with Gasteiger partial charge in [-0.15, -0.1) is 5.10 Å². The smallest absolute Gasteiger partial charge is 0.335 e. The molecule has 0 unspecified atom stereocenters. The minimum Gasteiger partial charge on any atom is -0.481 e. The van der Waals surface area contributed by atoms with Gasteiger partial charge in [0.15, 0.2) is 0 Å². The zero-order valence-corrected chi connectivity index (χ0v) is 10.2. The lowest BCUT2D eigenvalue weighted by atomic mass is 10.2. The molecule has 1 aromatic heterocycles. The van der Waals surface area contributed by atoms with Crippen LogP contribution in [-0.2, 0) is 4.79 Å². The van der Waals surface area contributed by atoms with Crippen LogP contribution in [0.5, 0.6) is 0 Å². The van der Waals surface area contributed by atoms with E-state index in [1.54, 1.807) is 12.1 Å². The average molecular weight is 280 g/mol. The number of hydrogen-bond acceptors (Lipinski definition) is 6. The van der Waals surface area contributed by atoms with Crippen molar-refractivity contribution in [2.45, 2.75) is 5.16 Å². The predicted molar refractivity (Wildman–Crippen MR) is 64.5 cm³/mol. The lowest BCUT2D eigenvalue weighted by Gasteiger charge is -2.04. The lowest BCUT2D eigenvalue weighted by molar-refractivity contribution is -0.133. The molecule has 0 bridgehead atoms. The van der Waals surface area contributed by atoms with Gasteiger partial charge < -0.3 is 10.2 Å². The Labute approximate surface area is 111 Å². The molecule has 0 saturated heterocycles. The molecule has 0 aliphatic rings. The van der Waals surface area contributed by atoms with Crippen LogP contribution in [0.4, 0.5) is 0 Å². The molecule has 0 aliphatic heterocycles. The number of aromatic carboxylic acids is 1. The second-order valence-electron chi connectivity index (χ2n) is 3.41. The number of aromatic nitrogens is 4. The first kappa shape index (κ1) is 13.0. The van der Waals surface area contributed by atoms with E-state index >= 15 is 0 Å². The van der Waals surface area contributed by atoms with Gasteiger partial charge in [-0.1, -0.05) is 17.8 Å². The van der Waals surface area contributed by atoms with E-state index in [1.807, 2.05) is 0 Å². The predicted octanol–water partition coefficient (Wildman–Crippen LogP) is 0.537. The molecule has 19 heavy (non-hydrogen) atoms. The molecule has 0 amide bonds. The van der Waals surface area contributed by atoms with Crippen molar-refractivity contribution < 1.29 is 19.8 Å².